The van der Waals surface area contributed by atoms with Crippen LogP contribution in [0.15, 0.2) is 22.6 Å². The Labute approximate surface area is 104 Å². The van der Waals surface area contributed by atoms with Gasteiger partial charge in [-0.2, -0.15) is 4.39 Å². The van der Waals surface area contributed by atoms with Gasteiger partial charge in [0.05, 0.1) is 7.11 Å². The molecular formula is C12H7FO4S. The van der Waals surface area contributed by atoms with Crippen molar-refractivity contribution < 1.29 is 23.4 Å². The van der Waals surface area contributed by atoms with Gasteiger partial charge in [-0.05, 0) is 6.07 Å². The Hall–Kier alpha value is -2.08. The number of carboxylic acids is 1. The number of furan rings is 1. The van der Waals surface area contributed by atoms with Crippen molar-refractivity contribution >= 4 is 38.4 Å². The number of methoxy groups -OCH3 is 1. The fourth-order valence-electron chi connectivity index (χ4n) is 1.91. The van der Waals surface area contributed by atoms with Crippen LogP contribution >= 0.6 is 11.3 Å². The Balaban J connectivity index is 2.46. The maximum atomic E-state index is 13.2. The molecule has 0 aliphatic rings. The van der Waals surface area contributed by atoms with Crippen LogP contribution in [0.1, 0.15) is 9.67 Å². The summed E-state index contributed by atoms with van der Waals surface area (Å²) in [5, 5.41) is 10.1. The van der Waals surface area contributed by atoms with Crippen molar-refractivity contribution in [3.63, 3.8) is 0 Å². The van der Waals surface area contributed by atoms with Gasteiger partial charge >= 0.3 is 5.97 Å². The number of hydrogen-bond donors (Lipinski definition) is 1. The van der Waals surface area contributed by atoms with Gasteiger partial charge in [0, 0.05) is 27.6 Å². The minimum atomic E-state index is -1.01. The Kier molecular flexibility index (Phi) is 2.27. The molecule has 6 heteroatoms. The molecule has 0 radical (unpaired) electrons. The summed E-state index contributed by atoms with van der Waals surface area (Å²) in [5.74, 6) is -0.618. The van der Waals surface area contributed by atoms with E-state index in [1.807, 2.05) is 0 Å². The molecule has 0 amide bonds. The number of thiophene rings is 1. The van der Waals surface area contributed by atoms with Crippen LogP contribution in [0, 0.1) is 6.01 Å². The van der Waals surface area contributed by atoms with Gasteiger partial charge in [-0.3, -0.25) is 0 Å². The maximum Gasteiger partial charge on any atom is 0.345 e. The highest BCUT2D eigenvalue weighted by molar-refractivity contribution is 7.20. The van der Waals surface area contributed by atoms with E-state index < -0.39 is 12.0 Å². The predicted octanol–water partition coefficient (Wildman–Crippen LogP) is 3.49. The summed E-state index contributed by atoms with van der Waals surface area (Å²) in [5.41, 5.74) is 0.289. The summed E-state index contributed by atoms with van der Waals surface area (Å²) in [4.78, 5) is 11.1. The molecule has 92 valence electrons. The molecule has 0 saturated heterocycles. The molecule has 0 unspecified atom stereocenters. The third kappa shape index (κ3) is 1.46. The van der Waals surface area contributed by atoms with Crippen LogP contribution in [0.5, 0.6) is 5.75 Å². The third-order valence-electron chi connectivity index (χ3n) is 2.67. The molecule has 0 fully saturated rings. The first kappa shape index (κ1) is 11.0. The predicted molar refractivity (Wildman–Crippen MR) is 65.1 cm³/mol. The van der Waals surface area contributed by atoms with Gasteiger partial charge < -0.3 is 14.3 Å². The van der Waals surface area contributed by atoms with E-state index in [1.165, 1.54) is 19.2 Å². The number of hydrogen-bond acceptors (Lipinski definition) is 4. The second kappa shape index (κ2) is 3.71. The van der Waals surface area contributed by atoms with Gasteiger partial charge in [0.15, 0.2) is 11.3 Å². The minimum absolute atomic E-state index is 0.196. The molecule has 4 nitrogen and oxygen atoms in total. The van der Waals surface area contributed by atoms with Crippen molar-refractivity contribution in [2.45, 2.75) is 0 Å². The van der Waals surface area contributed by atoms with Crippen LogP contribution in [-0.2, 0) is 0 Å². The van der Waals surface area contributed by atoms with Gasteiger partial charge in [0.1, 0.15) is 4.88 Å². The zero-order chi connectivity index (χ0) is 12.9. The van der Waals surface area contributed by atoms with Gasteiger partial charge in [-0.15, -0.1) is 11.3 Å². The van der Waals surface area contributed by atoms with E-state index in [9.17, 15) is 9.18 Å². The van der Waals surface area contributed by atoms with E-state index in [-0.39, 0.29) is 10.5 Å². The maximum absolute atomic E-state index is 13.2. The first-order valence-corrected chi connectivity index (χ1v) is 5.84. The molecule has 0 aliphatic heterocycles. The van der Waals surface area contributed by atoms with Crippen molar-refractivity contribution in [3.8, 4) is 5.75 Å². The van der Waals surface area contributed by atoms with Crippen LogP contribution in [0.4, 0.5) is 4.39 Å². The van der Waals surface area contributed by atoms with E-state index in [1.54, 1.807) is 6.07 Å². The summed E-state index contributed by atoms with van der Waals surface area (Å²) in [6, 6.07) is 3.67. The smallest absolute Gasteiger partial charge is 0.345 e. The topological polar surface area (TPSA) is 59.7 Å². The van der Waals surface area contributed by atoms with Gasteiger partial charge in [-0.25, -0.2) is 4.79 Å². The molecule has 2 heterocycles. The molecule has 3 rings (SSSR count). The van der Waals surface area contributed by atoms with Crippen LogP contribution < -0.4 is 4.74 Å². The first-order valence-electron chi connectivity index (χ1n) is 5.03. The average molecular weight is 266 g/mol. The highest BCUT2D eigenvalue weighted by atomic mass is 32.1. The highest BCUT2D eigenvalue weighted by Gasteiger charge is 2.17. The molecule has 0 saturated carbocycles. The second-order valence-corrected chi connectivity index (χ2v) is 4.78. The quantitative estimate of drug-likeness (QED) is 0.771. The summed E-state index contributed by atoms with van der Waals surface area (Å²) >= 11 is 1.12. The molecule has 1 N–H and O–H groups in total. The number of benzene rings is 1. The van der Waals surface area contributed by atoms with Crippen molar-refractivity contribution in [2.24, 2.45) is 0 Å². The largest absolute Gasteiger partial charge is 0.493 e. The monoisotopic (exact) mass is 266 g/mol. The molecule has 0 aliphatic carbocycles. The number of halogens is 1. The lowest BCUT2D eigenvalue weighted by atomic mass is 10.1. The zero-order valence-electron chi connectivity index (χ0n) is 9.19. The van der Waals surface area contributed by atoms with Crippen LogP contribution in [0.2, 0.25) is 0 Å². The summed E-state index contributed by atoms with van der Waals surface area (Å²) in [6.07, 6.45) is 0. The average Bonchev–Trinajstić information content (AvgIpc) is 2.89. The molecule has 0 spiro atoms. The van der Waals surface area contributed by atoms with E-state index >= 15 is 0 Å². The number of ether oxygens (including phenoxy) is 1. The van der Waals surface area contributed by atoms with Crippen molar-refractivity contribution in [3.05, 3.63) is 29.1 Å². The molecule has 0 bridgehead atoms. The molecule has 1 aromatic carbocycles. The van der Waals surface area contributed by atoms with Gasteiger partial charge in [0.25, 0.3) is 6.01 Å². The van der Waals surface area contributed by atoms with Crippen LogP contribution in [0.25, 0.3) is 21.1 Å². The van der Waals surface area contributed by atoms with Crippen LogP contribution in [0.3, 0.4) is 0 Å². The third-order valence-corrected chi connectivity index (χ3v) is 3.74. The summed E-state index contributed by atoms with van der Waals surface area (Å²) in [6.45, 7) is 0. The van der Waals surface area contributed by atoms with Crippen molar-refractivity contribution in [2.75, 3.05) is 7.11 Å². The molecule has 0 atom stereocenters. The Morgan fingerprint density at radius 3 is 2.83 bits per heavy atom. The van der Waals surface area contributed by atoms with Crippen molar-refractivity contribution in [1.29, 1.82) is 0 Å². The van der Waals surface area contributed by atoms with E-state index in [0.29, 0.717) is 16.5 Å². The highest BCUT2D eigenvalue weighted by Crippen LogP contribution is 2.39. The molecular weight excluding hydrogens is 259 g/mol. The van der Waals surface area contributed by atoms with Crippen LogP contribution in [-0.4, -0.2) is 18.2 Å². The number of aromatic carboxylic acids is 1. The lowest BCUT2D eigenvalue weighted by Gasteiger charge is -2.00. The zero-order valence-corrected chi connectivity index (χ0v) is 10.0. The van der Waals surface area contributed by atoms with E-state index in [0.717, 1.165) is 16.0 Å². The van der Waals surface area contributed by atoms with E-state index in [2.05, 4.69) is 0 Å². The van der Waals surface area contributed by atoms with Gasteiger partial charge in [-0.1, -0.05) is 0 Å². The van der Waals surface area contributed by atoms with E-state index in [4.69, 9.17) is 14.3 Å². The summed E-state index contributed by atoms with van der Waals surface area (Å²) < 4.78 is 24.0. The lowest BCUT2D eigenvalue weighted by molar-refractivity contribution is 0.0702. The fourth-order valence-corrected chi connectivity index (χ4v) is 2.85. The standard InChI is InChI=1S/C12H7FO4S/c1-16-7-4-8-5(2-9(18-8)12(14)15)6-3-10(13)17-11(6)7/h2-4H,1H3,(H,14,15). The molecule has 18 heavy (non-hydrogen) atoms. The fraction of sp³-hybridized carbons (Fsp3) is 0.0833. The lowest BCUT2D eigenvalue weighted by Crippen LogP contribution is -1.89. The summed E-state index contributed by atoms with van der Waals surface area (Å²) in [7, 11) is 1.45. The normalized spacial score (nSPS) is 11.2. The minimum Gasteiger partial charge on any atom is -0.493 e. The van der Waals surface area contributed by atoms with Crippen molar-refractivity contribution in [1.82, 2.24) is 0 Å². The first-order chi connectivity index (χ1) is 8.60. The number of fused-ring (bicyclic) bond motifs is 3. The Morgan fingerprint density at radius 2 is 2.17 bits per heavy atom. The number of carbonyl (C=O) groups is 1. The number of rotatable bonds is 2. The Morgan fingerprint density at radius 1 is 1.39 bits per heavy atom. The SMILES string of the molecule is COc1cc2sc(C(=O)O)cc2c2cc(F)oc12. The second-order valence-electron chi connectivity index (χ2n) is 3.70. The van der Waals surface area contributed by atoms with Gasteiger partial charge in [0.2, 0.25) is 0 Å². The molecule has 3 aromatic rings. The number of carboxylic acid groups (broad SMARTS) is 1. The molecule has 2 aromatic heterocycles. The Bertz CT molecular complexity index is 771.